The van der Waals surface area contributed by atoms with Gasteiger partial charge in [0, 0.05) is 16.8 Å². The number of primary amides is 1. The second-order valence-corrected chi connectivity index (χ2v) is 7.19. The Morgan fingerprint density at radius 2 is 1.89 bits per heavy atom. The fourth-order valence-corrected chi connectivity index (χ4v) is 3.13. The topological polar surface area (TPSA) is 129 Å². The summed E-state index contributed by atoms with van der Waals surface area (Å²) in [5, 5.41) is 10.5. The lowest BCUT2D eigenvalue weighted by atomic mass is 10.2. The van der Waals surface area contributed by atoms with Crippen molar-refractivity contribution in [3.8, 4) is 11.4 Å². The molecule has 1 heterocycles. The molecule has 2 amide bonds. The number of hydrogen-bond donors (Lipinski definition) is 3. The van der Waals surface area contributed by atoms with Gasteiger partial charge in [0.25, 0.3) is 0 Å². The van der Waals surface area contributed by atoms with Crippen molar-refractivity contribution < 1.29 is 14.0 Å². The van der Waals surface area contributed by atoms with E-state index in [2.05, 4.69) is 15.5 Å². The number of hydrogen-bond acceptors (Lipinski definition) is 6. The fraction of sp³-hybridized carbons (Fsp3) is 0.111. The lowest BCUT2D eigenvalue weighted by Crippen LogP contribution is -2.23. The first-order valence-corrected chi connectivity index (χ1v) is 9.07. The van der Waals surface area contributed by atoms with Crippen LogP contribution in [-0.2, 0) is 4.79 Å². The van der Waals surface area contributed by atoms with Crippen molar-refractivity contribution in [2.75, 3.05) is 11.2 Å². The van der Waals surface area contributed by atoms with Crippen molar-refractivity contribution in [2.24, 2.45) is 5.73 Å². The molecule has 1 atom stereocenters. The Morgan fingerprint density at radius 3 is 2.54 bits per heavy atom. The molecular formula is C18H17FN6O2S. The monoisotopic (exact) mass is 400 g/mol. The maximum Gasteiger partial charge on any atom is 0.248 e. The van der Waals surface area contributed by atoms with Crippen LogP contribution in [-0.4, -0.2) is 31.9 Å². The molecule has 0 saturated carbocycles. The summed E-state index contributed by atoms with van der Waals surface area (Å²) in [4.78, 5) is 23.5. The Hall–Kier alpha value is -3.40. The quantitative estimate of drug-likeness (QED) is 0.429. The Morgan fingerprint density at radius 1 is 1.18 bits per heavy atom. The lowest BCUT2D eigenvalue weighted by Gasteiger charge is -2.12. The van der Waals surface area contributed by atoms with Gasteiger partial charge in [0.1, 0.15) is 5.82 Å². The van der Waals surface area contributed by atoms with Crippen LogP contribution in [0.25, 0.3) is 11.4 Å². The predicted molar refractivity (Wildman–Crippen MR) is 104 cm³/mol. The van der Waals surface area contributed by atoms with E-state index in [4.69, 9.17) is 11.6 Å². The summed E-state index contributed by atoms with van der Waals surface area (Å²) in [7, 11) is 0. The maximum absolute atomic E-state index is 13.4. The van der Waals surface area contributed by atoms with Crippen LogP contribution < -0.4 is 16.9 Å². The Kier molecular flexibility index (Phi) is 5.59. The molecule has 0 radical (unpaired) electrons. The molecule has 0 aliphatic heterocycles. The molecule has 28 heavy (non-hydrogen) atoms. The number of nitrogens with two attached hydrogens (primary N) is 2. The van der Waals surface area contributed by atoms with Gasteiger partial charge in [-0.25, -0.2) is 9.07 Å². The van der Waals surface area contributed by atoms with Crippen LogP contribution in [0.1, 0.15) is 17.3 Å². The molecular weight excluding hydrogens is 383 g/mol. The average Bonchev–Trinajstić information content (AvgIpc) is 3.02. The minimum absolute atomic E-state index is 0.285. The summed E-state index contributed by atoms with van der Waals surface area (Å²) in [6.45, 7) is 1.69. The first-order valence-electron chi connectivity index (χ1n) is 8.19. The van der Waals surface area contributed by atoms with Crippen LogP contribution in [0.4, 0.5) is 10.1 Å². The van der Waals surface area contributed by atoms with Gasteiger partial charge in [-0.15, -0.1) is 10.2 Å². The summed E-state index contributed by atoms with van der Waals surface area (Å²) < 4.78 is 14.6. The summed E-state index contributed by atoms with van der Waals surface area (Å²) in [6, 6.07) is 12.1. The molecule has 0 unspecified atom stereocenters. The summed E-state index contributed by atoms with van der Waals surface area (Å²) in [6.07, 6.45) is 0. The van der Waals surface area contributed by atoms with Crippen LogP contribution in [0.3, 0.4) is 0 Å². The van der Waals surface area contributed by atoms with Crippen LogP contribution in [0.2, 0.25) is 0 Å². The minimum atomic E-state index is -0.543. The highest BCUT2D eigenvalue weighted by molar-refractivity contribution is 8.00. The Bertz CT molecular complexity index is 1020. The predicted octanol–water partition coefficient (Wildman–Crippen LogP) is 2.02. The van der Waals surface area contributed by atoms with E-state index < -0.39 is 17.0 Å². The molecule has 3 rings (SSSR count). The number of nitrogen functional groups attached to an aromatic ring is 1. The number of carbonyl (C=O) groups excluding carboxylic acids is 2. The van der Waals surface area contributed by atoms with E-state index in [0.29, 0.717) is 22.0 Å². The highest BCUT2D eigenvalue weighted by Gasteiger charge is 2.20. The first kappa shape index (κ1) is 19.4. The zero-order valence-electron chi connectivity index (χ0n) is 14.8. The van der Waals surface area contributed by atoms with Crippen LogP contribution >= 0.6 is 11.8 Å². The number of halogens is 1. The van der Waals surface area contributed by atoms with Gasteiger partial charge in [0.2, 0.25) is 17.0 Å². The molecule has 0 fully saturated rings. The van der Waals surface area contributed by atoms with Crippen molar-refractivity contribution in [2.45, 2.75) is 17.3 Å². The van der Waals surface area contributed by atoms with Crippen molar-refractivity contribution in [1.29, 1.82) is 0 Å². The Balaban J connectivity index is 1.68. The molecule has 144 valence electrons. The zero-order chi connectivity index (χ0) is 20.3. The van der Waals surface area contributed by atoms with Gasteiger partial charge in [0.15, 0.2) is 5.82 Å². The molecule has 1 aromatic heterocycles. The van der Waals surface area contributed by atoms with Gasteiger partial charge < -0.3 is 16.9 Å². The number of thioether (sulfide) groups is 1. The number of anilines is 1. The lowest BCUT2D eigenvalue weighted by molar-refractivity contribution is -0.115. The van der Waals surface area contributed by atoms with Crippen LogP contribution in [0, 0.1) is 5.82 Å². The van der Waals surface area contributed by atoms with Crippen LogP contribution in [0.5, 0.6) is 0 Å². The zero-order valence-corrected chi connectivity index (χ0v) is 15.6. The number of rotatable bonds is 6. The van der Waals surface area contributed by atoms with Gasteiger partial charge in [0.05, 0.1) is 5.25 Å². The molecule has 10 heteroatoms. The van der Waals surface area contributed by atoms with E-state index >= 15 is 0 Å². The standard InChI is InChI=1S/C18H17FN6O2S/c1-10(17(27)22-14-7-5-11(6-8-14)15(20)26)28-18-24-23-16(25(18)21)12-3-2-4-13(19)9-12/h2-10H,21H2,1H3,(H2,20,26)(H,22,27)/t10-/m1/s1. The molecule has 5 N–H and O–H groups in total. The summed E-state index contributed by atoms with van der Waals surface area (Å²) in [5.74, 6) is 5.05. The van der Waals surface area contributed by atoms with Crippen molar-refractivity contribution >= 4 is 29.3 Å². The number of nitrogens with one attached hydrogen (secondary N) is 1. The third-order valence-electron chi connectivity index (χ3n) is 3.84. The molecule has 0 bridgehead atoms. The fourth-order valence-electron chi connectivity index (χ4n) is 2.36. The average molecular weight is 400 g/mol. The summed E-state index contributed by atoms with van der Waals surface area (Å²) in [5.41, 5.74) is 6.54. The highest BCUT2D eigenvalue weighted by atomic mass is 32.2. The molecule has 0 saturated heterocycles. The first-order chi connectivity index (χ1) is 13.3. The molecule has 0 aliphatic carbocycles. The SMILES string of the molecule is C[C@@H](Sc1nnc(-c2cccc(F)c2)n1N)C(=O)Nc1ccc(C(N)=O)cc1. The van der Waals surface area contributed by atoms with E-state index in [1.54, 1.807) is 31.2 Å². The number of carbonyl (C=O) groups is 2. The second-order valence-electron chi connectivity index (χ2n) is 5.88. The van der Waals surface area contributed by atoms with E-state index in [0.717, 1.165) is 11.8 Å². The maximum atomic E-state index is 13.4. The number of aromatic nitrogens is 3. The highest BCUT2D eigenvalue weighted by Crippen LogP contribution is 2.25. The summed E-state index contributed by atoms with van der Waals surface area (Å²) >= 11 is 1.11. The van der Waals surface area contributed by atoms with Crippen molar-refractivity contribution in [1.82, 2.24) is 14.9 Å². The van der Waals surface area contributed by atoms with Gasteiger partial charge >= 0.3 is 0 Å². The van der Waals surface area contributed by atoms with E-state index in [1.165, 1.54) is 28.9 Å². The molecule has 0 spiro atoms. The largest absolute Gasteiger partial charge is 0.366 e. The third kappa shape index (κ3) is 4.29. The van der Waals surface area contributed by atoms with Gasteiger partial charge in [-0.05, 0) is 43.3 Å². The van der Waals surface area contributed by atoms with Gasteiger partial charge in [-0.3, -0.25) is 9.59 Å². The van der Waals surface area contributed by atoms with Gasteiger partial charge in [-0.2, -0.15) is 0 Å². The van der Waals surface area contributed by atoms with E-state index in [9.17, 15) is 14.0 Å². The molecule has 0 aliphatic rings. The Labute approximate surface area is 164 Å². The van der Waals surface area contributed by atoms with Crippen molar-refractivity contribution in [3.05, 3.63) is 59.9 Å². The smallest absolute Gasteiger partial charge is 0.248 e. The van der Waals surface area contributed by atoms with E-state index in [1.807, 2.05) is 0 Å². The molecule has 8 nitrogen and oxygen atoms in total. The third-order valence-corrected chi connectivity index (χ3v) is 4.89. The van der Waals surface area contributed by atoms with Crippen LogP contribution in [0.15, 0.2) is 53.7 Å². The van der Waals surface area contributed by atoms with Gasteiger partial charge in [-0.1, -0.05) is 23.9 Å². The van der Waals surface area contributed by atoms with Crippen molar-refractivity contribution in [3.63, 3.8) is 0 Å². The number of amides is 2. The molecule has 3 aromatic rings. The number of benzene rings is 2. The normalized spacial score (nSPS) is 11.8. The molecule has 2 aromatic carbocycles. The minimum Gasteiger partial charge on any atom is -0.366 e. The number of nitrogens with zero attached hydrogens (tertiary/aromatic N) is 3. The second kappa shape index (κ2) is 8.09. The van der Waals surface area contributed by atoms with E-state index in [-0.39, 0.29) is 11.7 Å².